The number of anilines is 1. The third-order valence-electron chi connectivity index (χ3n) is 4.09. The van der Waals surface area contributed by atoms with Crippen LogP contribution in [0.5, 0.6) is 0 Å². The molecule has 10 heteroatoms. The van der Waals surface area contributed by atoms with Crippen LogP contribution in [0.25, 0.3) is 6.08 Å². The van der Waals surface area contributed by atoms with Gasteiger partial charge < -0.3 is 5.32 Å². The standard InChI is InChI=1S/C19H19ClN4O2S3/c1-2-3-8-16-22-23-18(29-16)21-15(25)9-10-24-17(26)14(28-19(24)27)11-12-6-4-5-7-13(12)20/h4-7,11H,2-3,8-10H2,1H3,(H,21,23,25). The Balaban J connectivity index is 1.55. The zero-order chi connectivity index (χ0) is 20.8. The molecule has 1 aliphatic heterocycles. The number of benzene rings is 1. The van der Waals surface area contributed by atoms with Crippen LogP contribution in [0.4, 0.5) is 5.13 Å². The minimum absolute atomic E-state index is 0.121. The number of unbranched alkanes of at least 4 members (excludes halogenated alkanes) is 1. The summed E-state index contributed by atoms with van der Waals surface area (Å²) in [5, 5.41) is 12.7. The van der Waals surface area contributed by atoms with Gasteiger partial charge in [-0.25, -0.2) is 0 Å². The number of hydrogen-bond donors (Lipinski definition) is 1. The number of halogens is 1. The molecule has 0 aliphatic carbocycles. The van der Waals surface area contributed by atoms with Crippen molar-refractivity contribution in [2.45, 2.75) is 32.6 Å². The Hall–Kier alpha value is -1.81. The van der Waals surface area contributed by atoms with Gasteiger partial charge in [-0.1, -0.05) is 78.5 Å². The first kappa shape index (κ1) is 21.9. The highest BCUT2D eigenvalue weighted by atomic mass is 35.5. The largest absolute Gasteiger partial charge is 0.300 e. The van der Waals surface area contributed by atoms with Gasteiger partial charge in [-0.15, -0.1) is 10.2 Å². The molecule has 0 radical (unpaired) electrons. The first-order valence-corrected chi connectivity index (χ1v) is 11.5. The van der Waals surface area contributed by atoms with Crippen molar-refractivity contribution in [1.29, 1.82) is 0 Å². The maximum Gasteiger partial charge on any atom is 0.266 e. The van der Waals surface area contributed by atoms with Gasteiger partial charge in [0.1, 0.15) is 9.33 Å². The predicted octanol–water partition coefficient (Wildman–Crippen LogP) is 4.76. The lowest BCUT2D eigenvalue weighted by Gasteiger charge is -2.13. The Kier molecular flexibility index (Phi) is 7.77. The summed E-state index contributed by atoms with van der Waals surface area (Å²) in [4.78, 5) is 26.8. The summed E-state index contributed by atoms with van der Waals surface area (Å²) in [5.74, 6) is -0.446. The molecule has 2 heterocycles. The van der Waals surface area contributed by atoms with Crippen molar-refractivity contribution in [1.82, 2.24) is 15.1 Å². The van der Waals surface area contributed by atoms with E-state index in [1.807, 2.05) is 18.2 Å². The first-order chi connectivity index (χ1) is 14.0. The Morgan fingerprint density at radius 1 is 1.34 bits per heavy atom. The minimum Gasteiger partial charge on any atom is -0.300 e. The Labute approximate surface area is 187 Å². The fourth-order valence-electron chi connectivity index (χ4n) is 2.55. The molecule has 0 saturated carbocycles. The Morgan fingerprint density at radius 2 is 2.14 bits per heavy atom. The molecule has 6 nitrogen and oxygen atoms in total. The second kappa shape index (κ2) is 10.3. The molecule has 1 N–H and O–H groups in total. The molecule has 152 valence electrons. The van der Waals surface area contributed by atoms with Crippen molar-refractivity contribution in [2.75, 3.05) is 11.9 Å². The lowest BCUT2D eigenvalue weighted by molar-refractivity contribution is -0.122. The predicted molar refractivity (Wildman–Crippen MR) is 123 cm³/mol. The molecule has 1 fully saturated rings. The number of rotatable bonds is 8. The molecule has 0 atom stereocenters. The lowest BCUT2D eigenvalue weighted by Crippen LogP contribution is -2.31. The number of thioether (sulfide) groups is 1. The van der Waals surface area contributed by atoms with Crippen molar-refractivity contribution < 1.29 is 9.59 Å². The Morgan fingerprint density at radius 3 is 2.90 bits per heavy atom. The molecule has 1 aliphatic rings. The number of hydrogen-bond acceptors (Lipinski definition) is 7. The third kappa shape index (κ3) is 5.85. The van der Waals surface area contributed by atoms with Crippen LogP contribution in [0.15, 0.2) is 29.2 Å². The summed E-state index contributed by atoms with van der Waals surface area (Å²) in [6.07, 6.45) is 4.82. The fourth-order valence-corrected chi connectivity index (χ4v) is 4.84. The molecule has 1 aromatic heterocycles. The van der Waals surface area contributed by atoms with E-state index in [0.29, 0.717) is 19.4 Å². The van der Waals surface area contributed by atoms with Crippen LogP contribution in [-0.4, -0.2) is 37.8 Å². The number of carbonyl (C=O) groups excluding carboxylic acids is 2. The van der Waals surface area contributed by atoms with Gasteiger partial charge in [0, 0.05) is 24.4 Å². The van der Waals surface area contributed by atoms with Crippen LogP contribution < -0.4 is 5.32 Å². The number of aromatic nitrogens is 2. The number of amides is 2. The van der Waals surface area contributed by atoms with E-state index < -0.39 is 0 Å². The topological polar surface area (TPSA) is 75.2 Å². The van der Waals surface area contributed by atoms with Gasteiger partial charge in [0.25, 0.3) is 5.91 Å². The smallest absolute Gasteiger partial charge is 0.266 e. The summed E-state index contributed by atoms with van der Waals surface area (Å²) in [6, 6.07) is 7.27. The molecular weight excluding hydrogens is 448 g/mol. The third-order valence-corrected chi connectivity index (χ3v) is 6.71. The average Bonchev–Trinajstić information content (AvgIpc) is 3.24. The molecular formula is C19H19ClN4O2S3. The van der Waals surface area contributed by atoms with Gasteiger partial charge in [0.05, 0.1) is 4.91 Å². The van der Waals surface area contributed by atoms with E-state index in [1.165, 1.54) is 28.0 Å². The van der Waals surface area contributed by atoms with Crippen molar-refractivity contribution in [3.63, 3.8) is 0 Å². The first-order valence-electron chi connectivity index (χ1n) is 9.10. The Bertz CT molecular complexity index is 960. The van der Waals surface area contributed by atoms with E-state index in [9.17, 15) is 9.59 Å². The van der Waals surface area contributed by atoms with Gasteiger partial charge in [-0.3, -0.25) is 14.5 Å². The van der Waals surface area contributed by atoms with E-state index in [1.54, 1.807) is 12.1 Å². The van der Waals surface area contributed by atoms with E-state index >= 15 is 0 Å². The molecule has 1 aromatic carbocycles. The van der Waals surface area contributed by atoms with E-state index in [4.69, 9.17) is 23.8 Å². The summed E-state index contributed by atoms with van der Waals surface area (Å²) < 4.78 is 0.430. The summed E-state index contributed by atoms with van der Waals surface area (Å²) in [5.41, 5.74) is 0.752. The highest BCUT2D eigenvalue weighted by Gasteiger charge is 2.32. The van der Waals surface area contributed by atoms with Gasteiger partial charge in [-0.05, 0) is 24.1 Å². The fraction of sp³-hybridized carbons (Fsp3) is 0.316. The quantitative estimate of drug-likeness (QED) is 0.446. The van der Waals surface area contributed by atoms with Crippen LogP contribution in [-0.2, 0) is 16.0 Å². The van der Waals surface area contributed by atoms with Crippen LogP contribution >= 0.6 is 46.9 Å². The van der Waals surface area contributed by atoms with Crippen LogP contribution in [0.1, 0.15) is 36.8 Å². The molecule has 29 heavy (non-hydrogen) atoms. The van der Waals surface area contributed by atoms with Gasteiger partial charge in [0.2, 0.25) is 11.0 Å². The normalized spacial score (nSPS) is 15.4. The number of aryl methyl sites for hydroxylation is 1. The molecule has 0 spiro atoms. The second-order valence-corrected chi connectivity index (χ2v) is 9.40. The average molecular weight is 467 g/mol. The van der Waals surface area contributed by atoms with E-state index in [-0.39, 0.29) is 24.8 Å². The molecule has 2 amide bonds. The minimum atomic E-state index is -0.229. The zero-order valence-electron chi connectivity index (χ0n) is 15.7. The van der Waals surface area contributed by atoms with Crippen LogP contribution in [0.3, 0.4) is 0 Å². The number of nitrogens with one attached hydrogen (secondary N) is 1. The molecule has 0 unspecified atom stereocenters. The van der Waals surface area contributed by atoms with E-state index in [2.05, 4.69) is 22.4 Å². The molecule has 0 bridgehead atoms. The monoisotopic (exact) mass is 466 g/mol. The van der Waals surface area contributed by atoms with E-state index in [0.717, 1.165) is 29.8 Å². The summed E-state index contributed by atoms with van der Waals surface area (Å²) >= 11 is 14.1. The van der Waals surface area contributed by atoms with Gasteiger partial charge in [-0.2, -0.15) is 0 Å². The highest BCUT2D eigenvalue weighted by Crippen LogP contribution is 2.33. The van der Waals surface area contributed by atoms with Crippen molar-refractivity contribution >= 4 is 74.3 Å². The lowest BCUT2D eigenvalue weighted by atomic mass is 10.2. The number of nitrogens with zero attached hydrogens (tertiary/aromatic N) is 3. The summed E-state index contributed by atoms with van der Waals surface area (Å²) in [6.45, 7) is 2.32. The van der Waals surface area contributed by atoms with Gasteiger partial charge in [0.15, 0.2) is 0 Å². The number of thiocarbonyl (C=S) groups is 1. The van der Waals surface area contributed by atoms with Crippen LogP contribution in [0.2, 0.25) is 5.02 Å². The molecule has 1 saturated heterocycles. The maximum absolute atomic E-state index is 12.7. The van der Waals surface area contributed by atoms with Crippen molar-refractivity contribution in [3.8, 4) is 0 Å². The zero-order valence-corrected chi connectivity index (χ0v) is 18.9. The number of carbonyl (C=O) groups is 2. The molecule has 2 aromatic rings. The van der Waals surface area contributed by atoms with Crippen molar-refractivity contribution in [2.24, 2.45) is 0 Å². The molecule has 3 rings (SSSR count). The van der Waals surface area contributed by atoms with Gasteiger partial charge >= 0.3 is 0 Å². The SMILES string of the molecule is CCCCc1nnc(NC(=O)CCN2C(=O)C(=Cc3ccccc3Cl)SC2=S)s1. The summed E-state index contributed by atoms with van der Waals surface area (Å²) in [7, 11) is 0. The second-order valence-electron chi connectivity index (χ2n) is 6.26. The van der Waals surface area contributed by atoms with Crippen molar-refractivity contribution in [3.05, 3.63) is 44.8 Å². The highest BCUT2D eigenvalue weighted by molar-refractivity contribution is 8.26. The van der Waals surface area contributed by atoms with Crippen LogP contribution in [0, 0.1) is 0 Å². The maximum atomic E-state index is 12.7.